The molecule has 166 valence electrons. The van der Waals surface area contributed by atoms with Gasteiger partial charge in [-0.15, -0.1) is 0 Å². The number of rotatable bonds is 8. The van der Waals surface area contributed by atoms with Gasteiger partial charge in [-0.2, -0.15) is 0 Å². The molecule has 0 aliphatic heterocycles. The fraction of sp³-hybridized carbons (Fsp3) is 0.269. The molecule has 1 aliphatic rings. The van der Waals surface area contributed by atoms with Gasteiger partial charge in [0.1, 0.15) is 5.75 Å². The van der Waals surface area contributed by atoms with Gasteiger partial charge in [-0.1, -0.05) is 40.2 Å². The van der Waals surface area contributed by atoms with Crippen molar-refractivity contribution >= 4 is 21.8 Å². The number of para-hydroxylation sites is 1. The molecule has 4 nitrogen and oxygen atoms in total. The van der Waals surface area contributed by atoms with Crippen molar-refractivity contribution in [1.29, 1.82) is 0 Å². The maximum absolute atomic E-state index is 13.8. The van der Waals surface area contributed by atoms with Crippen LogP contribution >= 0.6 is 15.9 Å². The summed E-state index contributed by atoms with van der Waals surface area (Å²) in [5, 5.41) is 0. The fourth-order valence-electron chi connectivity index (χ4n) is 3.86. The van der Waals surface area contributed by atoms with E-state index in [2.05, 4.69) is 15.9 Å². The molecule has 32 heavy (non-hydrogen) atoms. The van der Waals surface area contributed by atoms with Crippen molar-refractivity contribution in [1.82, 2.24) is 4.90 Å². The van der Waals surface area contributed by atoms with Crippen LogP contribution in [0.4, 0.5) is 4.39 Å². The van der Waals surface area contributed by atoms with Crippen molar-refractivity contribution in [3.63, 3.8) is 0 Å². The van der Waals surface area contributed by atoms with Crippen LogP contribution in [0.1, 0.15) is 28.8 Å². The third-order valence-electron chi connectivity index (χ3n) is 5.74. The number of ether oxygens (including phenoxy) is 2. The summed E-state index contributed by atoms with van der Waals surface area (Å²) in [5.41, 5.74) is 1.65. The Morgan fingerprint density at radius 3 is 2.38 bits per heavy atom. The van der Waals surface area contributed by atoms with Crippen LogP contribution in [-0.2, 0) is 11.3 Å². The van der Waals surface area contributed by atoms with E-state index in [-0.39, 0.29) is 11.7 Å². The molecule has 1 amide bonds. The van der Waals surface area contributed by atoms with E-state index in [4.69, 9.17) is 9.47 Å². The van der Waals surface area contributed by atoms with Crippen LogP contribution in [0.2, 0.25) is 0 Å². The molecule has 0 aromatic heterocycles. The highest BCUT2D eigenvalue weighted by Gasteiger charge is 2.32. The second-order valence-corrected chi connectivity index (χ2v) is 8.98. The summed E-state index contributed by atoms with van der Waals surface area (Å²) in [4.78, 5) is 15.2. The van der Waals surface area contributed by atoms with Crippen molar-refractivity contribution < 1.29 is 18.7 Å². The molecule has 0 N–H and O–H groups in total. The van der Waals surface area contributed by atoms with Crippen molar-refractivity contribution in [2.75, 3.05) is 13.7 Å². The SMILES string of the molecule is COC1CC(CN(Cc2ccc(Br)cc2)C(=O)c2ccc(Oc3ccccc3F)cc2)C1. The van der Waals surface area contributed by atoms with Gasteiger partial charge in [0.25, 0.3) is 5.91 Å². The predicted octanol–water partition coefficient (Wildman–Crippen LogP) is 6.45. The Hall–Kier alpha value is -2.70. The molecule has 0 spiro atoms. The van der Waals surface area contributed by atoms with Gasteiger partial charge in [0.15, 0.2) is 11.6 Å². The number of halogens is 2. The molecule has 6 heteroatoms. The smallest absolute Gasteiger partial charge is 0.254 e. The quantitative estimate of drug-likeness (QED) is 0.359. The molecule has 4 rings (SSSR count). The molecule has 0 saturated heterocycles. The molecular weight excluding hydrogens is 473 g/mol. The molecule has 1 fully saturated rings. The summed E-state index contributed by atoms with van der Waals surface area (Å²) in [7, 11) is 1.73. The lowest BCUT2D eigenvalue weighted by atomic mass is 9.81. The van der Waals surface area contributed by atoms with E-state index in [1.807, 2.05) is 29.2 Å². The van der Waals surface area contributed by atoms with E-state index in [0.29, 0.717) is 36.4 Å². The van der Waals surface area contributed by atoms with Gasteiger partial charge in [-0.25, -0.2) is 4.39 Å². The molecule has 3 aromatic carbocycles. The van der Waals surface area contributed by atoms with Gasteiger partial charge >= 0.3 is 0 Å². The highest BCUT2D eigenvalue weighted by molar-refractivity contribution is 9.10. The maximum atomic E-state index is 13.8. The first-order valence-electron chi connectivity index (χ1n) is 10.6. The largest absolute Gasteiger partial charge is 0.454 e. The molecular formula is C26H25BrFNO3. The van der Waals surface area contributed by atoms with Crippen LogP contribution in [0.5, 0.6) is 11.5 Å². The van der Waals surface area contributed by atoms with Crippen LogP contribution in [0, 0.1) is 11.7 Å². The van der Waals surface area contributed by atoms with Gasteiger partial charge in [-0.05, 0) is 72.9 Å². The summed E-state index contributed by atoms with van der Waals surface area (Å²) >= 11 is 3.46. The number of carbonyl (C=O) groups excluding carboxylic acids is 1. The van der Waals surface area contributed by atoms with Crippen molar-refractivity contribution in [2.45, 2.75) is 25.5 Å². The zero-order valence-corrected chi connectivity index (χ0v) is 19.4. The summed E-state index contributed by atoms with van der Waals surface area (Å²) in [6, 6.07) is 21.1. The van der Waals surface area contributed by atoms with Crippen LogP contribution in [-0.4, -0.2) is 30.6 Å². The third kappa shape index (κ3) is 5.56. The number of carbonyl (C=O) groups is 1. The normalized spacial score (nSPS) is 17.5. The zero-order valence-electron chi connectivity index (χ0n) is 17.8. The fourth-order valence-corrected chi connectivity index (χ4v) is 4.12. The second kappa shape index (κ2) is 10.3. The van der Waals surface area contributed by atoms with Crippen LogP contribution in [0.25, 0.3) is 0 Å². The Morgan fingerprint density at radius 2 is 1.72 bits per heavy atom. The van der Waals surface area contributed by atoms with Gasteiger partial charge in [0.05, 0.1) is 6.10 Å². The molecule has 0 unspecified atom stereocenters. The minimum Gasteiger partial charge on any atom is -0.454 e. The topological polar surface area (TPSA) is 38.8 Å². The number of hydrogen-bond acceptors (Lipinski definition) is 3. The molecule has 1 saturated carbocycles. The first-order valence-corrected chi connectivity index (χ1v) is 11.4. The van der Waals surface area contributed by atoms with Crippen LogP contribution in [0.15, 0.2) is 77.3 Å². The average Bonchev–Trinajstić information content (AvgIpc) is 2.78. The van der Waals surface area contributed by atoms with E-state index in [1.54, 1.807) is 49.6 Å². The predicted molar refractivity (Wildman–Crippen MR) is 125 cm³/mol. The number of benzene rings is 3. The van der Waals surface area contributed by atoms with E-state index in [0.717, 1.165) is 22.9 Å². The zero-order chi connectivity index (χ0) is 22.5. The van der Waals surface area contributed by atoms with E-state index >= 15 is 0 Å². The molecule has 1 aliphatic carbocycles. The monoisotopic (exact) mass is 497 g/mol. The average molecular weight is 498 g/mol. The number of methoxy groups -OCH3 is 1. The number of hydrogen-bond donors (Lipinski definition) is 0. The first-order chi connectivity index (χ1) is 15.5. The number of amides is 1. The van der Waals surface area contributed by atoms with E-state index in [1.165, 1.54) is 6.07 Å². The van der Waals surface area contributed by atoms with Gasteiger partial charge < -0.3 is 14.4 Å². The Morgan fingerprint density at radius 1 is 1.03 bits per heavy atom. The highest BCUT2D eigenvalue weighted by Crippen LogP contribution is 2.31. The van der Waals surface area contributed by atoms with Gasteiger partial charge in [-0.3, -0.25) is 4.79 Å². The Balaban J connectivity index is 1.47. The molecule has 0 heterocycles. The Bertz CT molecular complexity index is 1050. The molecule has 0 atom stereocenters. The van der Waals surface area contributed by atoms with Crippen LogP contribution < -0.4 is 4.74 Å². The summed E-state index contributed by atoms with van der Waals surface area (Å²) < 4.78 is 25.8. The summed E-state index contributed by atoms with van der Waals surface area (Å²) in [6.45, 7) is 1.22. The Labute approximate surface area is 196 Å². The van der Waals surface area contributed by atoms with Crippen molar-refractivity contribution in [3.05, 3.63) is 94.2 Å². The second-order valence-electron chi connectivity index (χ2n) is 8.06. The highest BCUT2D eigenvalue weighted by atomic mass is 79.9. The lowest BCUT2D eigenvalue weighted by molar-refractivity contribution is -0.0102. The van der Waals surface area contributed by atoms with Gasteiger partial charge in [0.2, 0.25) is 0 Å². The van der Waals surface area contributed by atoms with Crippen molar-refractivity contribution in [2.24, 2.45) is 5.92 Å². The minimum atomic E-state index is -0.428. The standard InChI is InChI=1S/C26H25BrFNO3/c1-31-23-14-19(15-23)17-29(16-18-6-10-21(27)11-7-18)26(30)20-8-12-22(13-9-20)32-25-5-3-2-4-24(25)28/h2-13,19,23H,14-17H2,1H3. The minimum absolute atomic E-state index is 0.0359. The molecule has 3 aromatic rings. The van der Waals surface area contributed by atoms with E-state index < -0.39 is 5.82 Å². The molecule has 0 bridgehead atoms. The summed E-state index contributed by atoms with van der Waals surface area (Å²) in [6.07, 6.45) is 2.23. The Kier molecular flexibility index (Phi) is 7.22. The van der Waals surface area contributed by atoms with E-state index in [9.17, 15) is 9.18 Å². The number of nitrogens with zero attached hydrogens (tertiary/aromatic N) is 1. The summed E-state index contributed by atoms with van der Waals surface area (Å²) in [5.74, 6) is 0.603. The maximum Gasteiger partial charge on any atom is 0.254 e. The third-order valence-corrected chi connectivity index (χ3v) is 6.27. The van der Waals surface area contributed by atoms with Crippen LogP contribution in [0.3, 0.4) is 0 Å². The molecule has 0 radical (unpaired) electrons. The lowest BCUT2D eigenvalue weighted by Gasteiger charge is -2.37. The van der Waals surface area contributed by atoms with Gasteiger partial charge in [0, 0.05) is 30.2 Å². The van der Waals surface area contributed by atoms with Crippen molar-refractivity contribution in [3.8, 4) is 11.5 Å². The first kappa shape index (κ1) is 22.5. The lowest BCUT2D eigenvalue weighted by Crippen LogP contribution is -2.41.